The number of carbonyl (C=O) groups excluding carboxylic acids is 1. The first kappa shape index (κ1) is 26.9. The highest BCUT2D eigenvalue weighted by atomic mass is 19.1. The predicted molar refractivity (Wildman–Crippen MR) is 140 cm³/mol. The monoisotopic (exact) mass is 523 g/mol. The summed E-state index contributed by atoms with van der Waals surface area (Å²) in [6.45, 7) is 6.37. The molecule has 11 nitrogen and oxygen atoms in total. The Morgan fingerprint density at radius 3 is 2.55 bits per heavy atom. The maximum atomic E-state index is 15.0. The van der Waals surface area contributed by atoms with Crippen molar-refractivity contribution in [2.45, 2.75) is 39.5 Å². The fraction of sp³-hybridized carbons (Fsp3) is 0.346. The number of methoxy groups -OCH3 is 1. The summed E-state index contributed by atoms with van der Waals surface area (Å²) >= 11 is 0. The van der Waals surface area contributed by atoms with Crippen LogP contribution in [-0.2, 0) is 20.8 Å². The van der Waals surface area contributed by atoms with E-state index in [1.54, 1.807) is 50.6 Å². The number of benzene rings is 2. The summed E-state index contributed by atoms with van der Waals surface area (Å²) in [5, 5.41) is 14.2. The number of anilines is 3. The SMILES string of the molecule is COC(C)OCCOc1cc(F)c2c(Nc3ccc(NC(=O)Cn4cc(C(C)C)nn4)cc3)ncnc2c1. The van der Waals surface area contributed by atoms with E-state index in [0.29, 0.717) is 35.1 Å². The molecule has 1 atom stereocenters. The third-order valence-electron chi connectivity index (χ3n) is 5.58. The van der Waals surface area contributed by atoms with Gasteiger partial charge in [-0.25, -0.2) is 19.0 Å². The summed E-state index contributed by atoms with van der Waals surface area (Å²) in [5.74, 6) is 0.120. The number of nitrogens with zero attached hydrogens (tertiary/aromatic N) is 5. The van der Waals surface area contributed by atoms with Crippen LogP contribution < -0.4 is 15.4 Å². The quantitative estimate of drug-likeness (QED) is 0.207. The Balaban J connectivity index is 1.38. The molecular weight excluding hydrogens is 493 g/mol. The van der Waals surface area contributed by atoms with Crippen molar-refractivity contribution < 1.29 is 23.4 Å². The molecule has 1 unspecified atom stereocenters. The minimum Gasteiger partial charge on any atom is -0.491 e. The van der Waals surface area contributed by atoms with Gasteiger partial charge in [0.05, 0.1) is 23.2 Å². The molecule has 200 valence electrons. The zero-order valence-electron chi connectivity index (χ0n) is 21.6. The first-order valence-electron chi connectivity index (χ1n) is 12.1. The number of halogens is 1. The Labute approximate surface area is 219 Å². The molecule has 2 aromatic carbocycles. The van der Waals surface area contributed by atoms with Crippen LogP contribution in [0, 0.1) is 5.82 Å². The van der Waals surface area contributed by atoms with E-state index >= 15 is 4.39 Å². The molecule has 0 fully saturated rings. The number of carbonyl (C=O) groups is 1. The zero-order valence-corrected chi connectivity index (χ0v) is 21.6. The van der Waals surface area contributed by atoms with Crippen molar-refractivity contribution in [2.75, 3.05) is 31.0 Å². The van der Waals surface area contributed by atoms with Crippen LogP contribution in [0.5, 0.6) is 5.75 Å². The third-order valence-corrected chi connectivity index (χ3v) is 5.58. The molecule has 0 saturated heterocycles. The largest absolute Gasteiger partial charge is 0.491 e. The number of hydrogen-bond acceptors (Lipinski definition) is 9. The lowest BCUT2D eigenvalue weighted by Gasteiger charge is -2.13. The smallest absolute Gasteiger partial charge is 0.246 e. The molecule has 2 heterocycles. The van der Waals surface area contributed by atoms with Crippen LogP contribution in [0.2, 0.25) is 0 Å². The van der Waals surface area contributed by atoms with Crippen LogP contribution in [0.25, 0.3) is 10.9 Å². The van der Waals surface area contributed by atoms with E-state index in [1.165, 1.54) is 17.1 Å². The van der Waals surface area contributed by atoms with Crippen LogP contribution in [-0.4, -0.2) is 57.5 Å². The van der Waals surface area contributed by atoms with Crippen molar-refractivity contribution in [1.29, 1.82) is 0 Å². The van der Waals surface area contributed by atoms with E-state index < -0.39 is 5.82 Å². The Morgan fingerprint density at radius 1 is 1.08 bits per heavy atom. The van der Waals surface area contributed by atoms with E-state index in [9.17, 15) is 4.79 Å². The highest BCUT2D eigenvalue weighted by molar-refractivity contribution is 5.93. The maximum absolute atomic E-state index is 15.0. The van der Waals surface area contributed by atoms with Gasteiger partial charge in [-0.15, -0.1) is 5.10 Å². The predicted octanol–water partition coefficient (Wildman–Crippen LogP) is 4.25. The second-order valence-corrected chi connectivity index (χ2v) is 8.79. The summed E-state index contributed by atoms with van der Waals surface area (Å²) < 4.78 is 32.5. The summed E-state index contributed by atoms with van der Waals surface area (Å²) in [6, 6.07) is 9.91. The van der Waals surface area contributed by atoms with Gasteiger partial charge in [-0.3, -0.25) is 4.79 Å². The Bertz CT molecular complexity index is 1380. The number of rotatable bonds is 12. The van der Waals surface area contributed by atoms with Crippen LogP contribution in [0.3, 0.4) is 0 Å². The molecule has 2 N–H and O–H groups in total. The van der Waals surface area contributed by atoms with Crippen LogP contribution >= 0.6 is 0 Å². The lowest BCUT2D eigenvalue weighted by atomic mass is 10.2. The molecule has 12 heteroatoms. The van der Waals surface area contributed by atoms with E-state index in [-0.39, 0.29) is 36.7 Å². The number of hydrogen-bond donors (Lipinski definition) is 2. The highest BCUT2D eigenvalue weighted by Gasteiger charge is 2.13. The Kier molecular flexibility index (Phi) is 8.77. The molecule has 4 aromatic rings. The molecule has 0 spiro atoms. The van der Waals surface area contributed by atoms with Gasteiger partial charge in [-0.1, -0.05) is 19.1 Å². The minimum atomic E-state index is -0.524. The van der Waals surface area contributed by atoms with Gasteiger partial charge in [0, 0.05) is 36.8 Å². The summed E-state index contributed by atoms with van der Waals surface area (Å²) in [7, 11) is 1.55. The van der Waals surface area contributed by atoms with Crippen molar-refractivity contribution in [3.63, 3.8) is 0 Å². The third kappa shape index (κ3) is 6.99. The first-order chi connectivity index (χ1) is 18.3. The van der Waals surface area contributed by atoms with E-state index in [1.807, 2.05) is 13.8 Å². The molecule has 2 aromatic heterocycles. The molecule has 0 bridgehead atoms. The van der Waals surface area contributed by atoms with Gasteiger partial charge in [0.25, 0.3) is 0 Å². The second kappa shape index (κ2) is 12.4. The normalized spacial score (nSPS) is 12.1. The number of amides is 1. The molecule has 1 amide bonds. The first-order valence-corrected chi connectivity index (χ1v) is 12.1. The van der Waals surface area contributed by atoms with Gasteiger partial charge in [0.15, 0.2) is 6.29 Å². The average Bonchev–Trinajstić information content (AvgIpc) is 3.36. The van der Waals surface area contributed by atoms with Crippen molar-refractivity contribution in [3.8, 4) is 5.75 Å². The average molecular weight is 524 g/mol. The number of fused-ring (bicyclic) bond motifs is 1. The maximum Gasteiger partial charge on any atom is 0.246 e. The van der Waals surface area contributed by atoms with Gasteiger partial charge in [-0.05, 0) is 37.1 Å². The summed E-state index contributed by atoms with van der Waals surface area (Å²) in [4.78, 5) is 20.8. The molecular formula is C26H30FN7O4. The van der Waals surface area contributed by atoms with Crippen molar-refractivity contribution in [3.05, 3.63) is 60.4 Å². The van der Waals surface area contributed by atoms with E-state index in [2.05, 4.69) is 30.9 Å². The fourth-order valence-electron chi connectivity index (χ4n) is 3.51. The summed E-state index contributed by atoms with van der Waals surface area (Å²) in [5.41, 5.74) is 2.48. The van der Waals surface area contributed by atoms with Crippen molar-refractivity contribution in [2.24, 2.45) is 0 Å². The topological polar surface area (TPSA) is 125 Å². The highest BCUT2D eigenvalue weighted by Crippen LogP contribution is 2.29. The molecule has 0 aliphatic carbocycles. The van der Waals surface area contributed by atoms with Gasteiger partial charge in [0.2, 0.25) is 5.91 Å². The van der Waals surface area contributed by atoms with Gasteiger partial charge in [0.1, 0.15) is 36.9 Å². The standard InChI is InChI=1S/C26H30FN7O4/c1-16(2)23-13-34(33-32-23)14-24(35)30-18-5-7-19(8-6-18)31-26-25-21(27)11-20(12-22(25)28-15-29-26)38-10-9-37-17(3)36-4/h5-8,11-13,15-17H,9-10,14H2,1-4H3,(H,30,35)(H,28,29,31). The Morgan fingerprint density at radius 2 is 1.84 bits per heavy atom. The van der Waals surface area contributed by atoms with Gasteiger partial charge >= 0.3 is 0 Å². The molecule has 4 rings (SSSR count). The molecule has 0 radical (unpaired) electrons. The van der Waals surface area contributed by atoms with Gasteiger partial charge in [-0.2, -0.15) is 0 Å². The number of ether oxygens (including phenoxy) is 3. The molecule has 0 saturated carbocycles. The zero-order chi connectivity index (χ0) is 27.1. The summed E-state index contributed by atoms with van der Waals surface area (Å²) in [6.07, 6.45) is 2.76. The number of nitrogens with one attached hydrogen (secondary N) is 2. The fourth-order valence-corrected chi connectivity index (χ4v) is 3.51. The van der Waals surface area contributed by atoms with E-state index in [0.717, 1.165) is 5.69 Å². The minimum absolute atomic E-state index is 0.0525. The molecule has 0 aliphatic rings. The van der Waals surface area contributed by atoms with Gasteiger partial charge < -0.3 is 24.8 Å². The van der Waals surface area contributed by atoms with E-state index in [4.69, 9.17) is 14.2 Å². The van der Waals surface area contributed by atoms with Crippen LogP contribution in [0.1, 0.15) is 32.4 Å². The van der Waals surface area contributed by atoms with Crippen LogP contribution in [0.4, 0.5) is 21.6 Å². The van der Waals surface area contributed by atoms with Crippen LogP contribution in [0.15, 0.2) is 48.9 Å². The second-order valence-electron chi connectivity index (χ2n) is 8.79. The van der Waals surface area contributed by atoms with Crippen molar-refractivity contribution in [1.82, 2.24) is 25.0 Å². The number of aromatic nitrogens is 5. The lowest BCUT2D eigenvalue weighted by Crippen LogP contribution is -2.19. The lowest BCUT2D eigenvalue weighted by molar-refractivity contribution is -0.117. The molecule has 0 aliphatic heterocycles. The van der Waals surface area contributed by atoms with Crippen molar-refractivity contribution >= 4 is 34.0 Å². The Hall–Kier alpha value is -4.16. The molecule has 38 heavy (non-hydrogen) atoms.